The molecular weight excluding hydrogens is 252 g/mol. The summed E-state index contributed by atoms with van der Waals surface area (Å²) >= 11 is 0. The molecule has 1 aromatic carbocycles. The maximum atomic E-state index is 11.0. The third-order valence-electron chi connectivity index (χ3n) is 4.03. The molecule has 2 rings (SSSR count). The number of carboxylic acid groups (broad SMARTS) is 1. The van der Waals surface area contributed by atoms with Crippen molar-refractivity contribution in [2.24, 2.45) is 5.92 Å². The van der Waals surface area contributed by atoms with Crippen molar-refractivity contribution < 1.29 is 9.90 Å². The lowest BCUT2D eigenvalue weighted by molar-refractivity contribution is 0.0696. The van der Waals surface area contributed by atoms with Crippen LogP contribution in [-0.2, 0) is 6.54 Å². The lowest BCUT2D eigenvalue weighted by Crippen LogP contribution is -2.35. The van der Waals surface area contributed by atoms with Crippen molar-refractivity contribution in [3.05, 3.63) is 35.4 Å². The summed E-state index contributed by atoms with van der Waals surface area (Å²) in [6.45, 7) is 4.28. The van der Waals surface area contributed by atoms with Crippen molar-refractivity contribution in [3.8, 4) is 0 Å². The molecule has 0 amide bonds. The van der Waals surface area contributed by atoms with E-state index in [1.165, 1.54) is 25.9 Å². The van der Waals surface area contributed by atoms with Gasteiger partial charge in [0.1, 0.15) is 0 Å². The Labute approximate surface area is 121 Å². The van der Waals surface area contributed by atoms with E-state index >= 15 is 0 Å². The van der Waals surface area contributed by atoms with E-state index in [0.29, 0.717) is 5.56 Å². The van der Waals surface area contributed by atoms with Crippen LogP contribution in [0.3, 0.4) is 0 Å². The number of likely N-dealkylation sites (tertiary alicyclic amines) is 1. The molecule has 0 bridgehead atoms. The monoisotopic (exact) mass is 276 g/mol. The number of nitrogens with zero attached hydrogens (tertiary/aromatic N) is 2. The van der Waals surface area contributed by atoms with Gasteiger partial charge in [0.05, 0.1) is 5.56 Å². The third kappa shape index (κ3) is 4.32. The lowest BCUT2D eigenvalue weighted by Gasteiger charge is -2.31. The second kappa shape index (κ2) is 6.86. The first kappa shape index (κ1) is 15.0. The van der Waals surface area contributed by atoms with Crippen LogP contribution < -0.4 is 0 Å². The number of hydrogen-bond acceptors (Lipinski definition) is 3. The van der Waals surface area contributed by atoms with Crippen molar-refractivity contribution >= 4 is 5.97 Å². The Kier molecular flexibility index (Phi) is 5.15. The van der Waals surface area contributed by atoms with Crippen LogP contribution in [0.5, 0.6) is 0 Å². The molecule has 20 heavy (non-hydrogen) atoms. The van der Waals surface area contributed by atoms with Gasteiger partial charge in [-0.1, -0.05) is 12.1 Å². The van der Waals surface area contributed by atoms with E-state index in [0.717, 1.165) is 24.6 Å². The van der Waals surface area contributed by atoms with Gasteiger partial charge in [0, 0.05) is 13.1 Å². The standard InChI is InChI=1S/C16H24N2O2/c1-17-8-6-13(7-9-17)11-18(2)12-14-4-3-5-15(10-14)16(19)20/h3-5,10,13H,6-9,11-12H2,1-2H3,(H,19,20). The lowest BCUT2D eigenvalue weighted by atomic mass is 9.96. The van der Waals surface area contributed by atoms with Gasteiger partial charge in [-0.3, -0.25) is 0 Å². The molecule has 1 fully saturated rings. The molecule has 1 aromatic rings. The maximum Gasteiger partial charge on any atom is 0.335 e. The molecule has 1 N–H and O–H groups in total. The highest BCUT2D eigenvalue weighted by atomic mass is 16.4. The topological polar surface area (TPSA) is 43.8 Å². The van der Waals surface area contributed by atoms with Gasteiger partial charge in [0.15, 0.2) is 0 Å². The summed E-state index contributed by atoms with van der Waals surface area (Å²) in [5, 5.41) is 9.01. The summed E-state index contributed by atoms with van der Waals surface area (Å²) in [7, 11) is 4.29. The largest absolute Gasteiger partial charge is 0.478 e. The molecule has 4 nitrogen and oxygen atoms in total. The Balaban J connectivity index is 1.86. The van der Waals surface area contributed by atoms with Gasteiger partial charge in [-0.05, 0) is 63.6 Å². The highest BCUT2D eigenvalue weighted by Crippen LogP contribution is 2.18. The number of piperidine rings is 1. The maximum absolute atomic E-state index is 11.0. The molecule has 0 aliphatic carbocycles. The minimum absolute atomic E-state index is 0.371. The first-order valence-electron chi connectivity index (χ1n) is 7.24. The zero-order valence-electron chi connectivity index (χ0n) is 12.4. The fourth-order valence-corrected chi connectivity index (χ4v) is 2.86. The molecular formula is C16H24N2O2. The first-order valence-corrected chi connectivity index (χ1v) is 7.24. The van der Waals surface area contributed by atoms with Gasteiger partial charge < -0.3 is 14.9 Å². The smallest absolute Gasteiger partial charge is 0.335 e. The predicted octanol–water partition coefficient (Wildman–Crippen LogP) is 2.16. The first-order chi connectivity index (χ1) is 9.54. The van der Waals surface area contributed by atoms with Crippen LogP contribution in [0.4, 0.5) is 0 Å². The van der Waals surface area contributed by atoms with E-state index in [2.05, 4.69) is 23.9 Å². The molecule has 1 saturated heterocycles. The van der Waals surface area contributed by atoms with Crippen LogP contribution in [0.15, 0.2) is 24.3 Å². The van der Waals surface area contributed by atoms with Gasteiger partial charge in [-0.2, -0.15) is 0 Å². The van der Waals surface area contributed by atoms with E-state index in [-0.39, 0.29) is 0 Å². The quantitative estimate of drug-likeness (QED) is 0.895. The van der Waals surface area contributed by atoms with Gasteiger partial charge in [-0.15, -0.1) is 0 Å². The van der Waals surface area contributed by atoms with Gasteiger partial charge >= 0.3 is 5.97 Å². The average molecular weight is 276 g/mol. The third-order valence-corrected chi connectivity index (χ3v) is 4.03. The number of hydrogen-bond donors (Lipinski definition) is 1. The Morgan fingerprint density at radius 1 is 1.40 bits per heavy atom. The zero-order valence-corrected chi connectivity index (χ0v) is 12.4. The molecule has 0 saturated carbocycles. The molecule has 0 aromatic heterocycles. The summed E-state index contributed by atoms with van der Waals surface area (Å²) < 4.78 is 0. The summed E-state index contributed by atoms with van der Waals surface area (Å²) in [6, 6.07) is 7.23. The van der Waals surface area contributed by atoms with Gasteiger partial charge in [0.2, 0.25) is 0 Å². The number of benzene rings is 1. The fraction of sp³-hybridized carbons (Fsp3) is 0.562. The van der Waals surface area contributed by atoms with Crippen LogP contribution in [0, 0.1) is 5.92 Å². The Bertz CT molecular complexity index is 454. The summed E-state index contributed by atoms with van der Waals surface area (Å²) in [6.07, 6.45) is 2.52. The summed E-state index contributed by atoms with van der Waals surface area (Å²) in [4.78, 5) is 15.7. The molecule has 110 valence electrons. The van der Waals surface area contributed by atoms with Crippen molar-refractivity contribution in [2.45, 2.75) is 19.4 Å². The minimum atomic E-state index is -0.857. The van der Waals surface area contributed by atoms with Crippen molar-refractivity contribution in [3.63, 3.8) is 0 Å². The Morgan fingerprint density at radius 2 is 2.10 bits per heavy atom. The van der Waals surface area contributed by atoms with Crippen LogP contribution in [0.25, 0.3) is 0 Å². The van der Waals surface area contributed by atoms with Crippen LogP contribution >= 0.6 is 0 Å². The van der Waals surface area contributed by atoms with E-state index in [1.54, 1.807) is 12.1 Å². The fourth-order valence-electron chi connectivity index (χ4n) is 2.86. The Hall–Kier alpha value is -1.39. The van der Waals surface area contributed by atoms with E-state index in [9.17, 15) is 4.79 Å². The number of aromatic carboxylic acids is 1. The molecule has 1 aliphatic heterocycles. The van der Waals surface area contributed by atoms with Crippen LogP contribution in [0.1, 0.15) is 28.8 Å². The number of carbonyl (C=O) groups is 1. The molecule has 4 heteroatoms. The predicted molar refractivity (Wildman–Crippen MR) is 80.0 cm³/mol. The SMILES string of the molecule is CN1CCC(CN(C)Cc2cccc(C(=O)O)c2)CC1. The van der Waals surface area contributed by atoms with Crippen molar-refractivity contribution in [2.75, 3.05) is 33.7 Å². The second-order valence-electron chi connectivity index (χ2n) is 5.95. The van der Waals surface area contributed by atoms with E-state index in [1.807, 2.05) is 12.1 Å². The molecule has 0 atom stereocenters. The van der Waals surface area contributed by atoms with Crippen LogP contribution in [-0.4, -0.2) is 54.6 Å². The molecule has 1 heterocycles. The molecule has 1 aliphatic rings. The molecule has 0 unspecified atom stereocenters. The summed E-state index contributed by atoms with van der Waals surface area (Å²) in [5.74, 6) is -0.0938. The van der Waals surface area contributed by atoms with Crippen LogP contribution in [0.2, 0.25) is 0 Å². The minimum Gasteiger partial charge on any atom is -0.478 e. The zero-order chi connectivity index (χ0) is 14.5. The van der Waals surface area contributed by atoms with Gasteiger partial charge in [-0.25, -0.2) is 4.79 Å². The Morgan fingerprint density at radius 3 is 2.75 bits per heavy atom. The highest BCUT2D eigenvalue weighted by Gasteiger charge is 2.18. The summed E-state index contributed by atoms with van der Waals surface area (Å²) in [5.41, 5.74) is 1.44. The van der Waals surface area contributed by atoms with E-state index in [4.69, 9.17) is 5.11 Å². The van der Waals surface area contributed by atoms with E-state index < -0.39 is 5.97 Å². The molecule has 0 radical (unpaired) electrons. The molecule has 0 spiro atoms. The van der Waals surface area contributed by atoms with Gasteiger partial charge in [0.25, 0.3) is 0 Å². The highest BCUT2D eigenvalue weighted by molar-refractivity contribution is 5.87. The second-order valence-corrected chi connectivity index (χ2v) is 5.95. The van der Waals surface area contributed by atoms with Crippen molar-refractivity contribution in [1.29, 1.82) is 0 Å². The van der Waals surface area contributed by atoms with Crippen molar-refractivity contribution in [1.82, 2.24) is 9.80 Å². The normalized spacial score (nSPS) is 17.6. The number of rotatable bonds is 5. The average Bonchev–Trinajstić information content (AvgIpc) is 2.41. The number of carboxylic acids is 1.